The summed E-state index contributed by atoms with van der Waals surface area (Å²) in [4.78, 5) is 13.0. The number of aromatic hydroxyl groups is 1. The van der Waals surface area contributed by atoms with Gasteiger partial charge in [0.05, 0.1) is 22.0 Å². The van der Waals surface area contributed by atoms with E-state index in [0.717, 1.165) is 17.0 Å². The third-order valence-electron chi connectivity index (χ3n) is 3.82. The van der Waals surface area contributed by atoms with Crippen molar-refractivity contribution in [3.63, 3.8) is 0 Å². The van der Waals surface area contributed by atoms with E-state index in [1.54, 1.807) is 18.2 Å². The Hall–Kier alpha value is -2.93. The second kappa shape index (κ2) is 6.42. The number of phenolic OH excluding ortho intramolecular Hbond substituents is 1. The first-order chi connectivity index (χ1) is 12.2. The third-order valence-corrected chi connectivity index (χ3v) is 4.15. The number of fused-ring (bicyclic) bond motifs is 1. The number of alkyl halides is 3. The standard InChI is InChI=1S/C18H12ClF3N2O2/c19-15-7-5-11(8-14(15)18(20,21)22)24(17(23)26)16-3-1-2-10-4-6-12(25)9-13(10)16/h1-9,25H,(H2,23,26). The summed E-state index contributed by atoms with van der Waals surface area (Å²) >= 11 is 5.64. The van der Waals surface area contributed by atoms with Gasteiger partial charge in [0.2, 0.25) is 0 Å². The molecule has 2 amide bonds. The monoisotopic (exact) mass is 380 g/mol. The first-order valence-corrected chi connectivity index (χ1v) is 7.74. The number of hydrogen-bond donors (Lipinski definition) is 2. The largest absolute Gasteiger partial charge is 0.508 e. The number of carbonyl (C=O) groups is 1. The molecule has 0 bridgehead atoms. The van der Waals surface area contributed by atoms with Crippen molar-refractivity contribution in [3.05, 3.63) is 65.2 Å². The van der Waals surface area contributed by atoms with Crippen LogP contribution in [0.2, 0.25) is 5.02 Å². The summed E-state index contributed by atoms with van der Waals surface area (Å²) in [5.41, 5.74) is 4.50. The van der Waals surface area contributed by atoms with Gasteiger partial charge in [-0.2, -0.15) is 13.2 Å². The van der Waals surface area contributed by atoms with Crippen molar-refractivity contribution in [3.8, 4) is 5.75 Å². The molecule has 0 unspecified atom stereocenters. The lowest BCUT2D eigenvalue weighted by Gasteiger charge is -2.23. The topological polar surface area (TPSA) is 66.6 Å². The molecule has 0 saturated carbocycles. The Kier molecular flexibility index (Phi) is 4.41. The zero-order valence-electron chi connectivity index (χ0n) is 13.1. The zero-order valence-corrected chi connectivity index (χ0v) is 13.8. The van der Waals surface area contributed by atoms with E-state index in [-0.39, 0.29) is 17.1 Å². The van der Waals surface area contributed by atoms with Gasteiger partial charge in [0.1, 0.15) is 5.75 Å². The molecule has 3 aromatic carbocycles. The van der Waals surface area contributed by atoms with Crippen LogP contribution in [0.4, 0.5) is 29.3 Å². The molecule has 0 aliphatic rings. The number of amides is 2. The number of anilines is 2. The van der Waals surface area contributed by atoms with Crippen molar-refractivity contribution in [2.24, 2.45) is 5.73 Å². The summed E-state index contributed by atoms with van der Waals surface area (Å²) < 4.78 is 39.4. The van der Waals surface area contributed by atoms with Crippen LogP contribution >= 0.6 is 11.6 Å². The predicted octanol–water partition coefficient (Wildman–Crippen LogP) is 5.43. The van der Waals surface area contributed by atoms with Crippen LogP contribution in [0, 0.1) is 0 Å². The number of benzene rings is 3. The molecule has 0 aliphatic carbocycles. The molecule has 3 rings (SSSR count). The van der Waals surface area contributed by atoms with Crippen LogP contribution in [0.25, 0.3) is 10.8 Å². The normalized spacial score (nSPS) is 11.5. The molecular weight excluding hydrogens is 369 g/mol. The molecule has 0 radical (unpaired) electrons. The number of nitrogens with zero attached hydrogens (tertiary/aromatic N) is 1. The molecule has 0 spiro atoms. The highest BCUT2D eigenvalue weighted by Crippen LogP contribution is 2.40. The fraction of sp³-hybridized carbons (Fsp3) is 0.0556. The Morgan fingerprint density at radius 2 is 1.81 bits per heavy atom. The summed E-state index contributed by atoms with van der Waals surface area (Å²) in [6.07, 6.45) is -4.69. The number of phenols is 1. The van der Waals surface area contributed by atoms with E-state index >= 15 is 0 Å². The van der Waals surface area contributed by atoms with Crippen LogP contribution in [-0.4, -0.2) is 11.1 Å². The number of hydrogen-bond acceptors (Lipinski definition) is 2. The minimum Gasteiger partial charge on any atom is -0.508 e. The van der Waals surface area contributed by atoms with E-state index in [2.05, 4.69) is 0 Å². The molecule has 134 valence electrons. The lowest BCUT2D eigenvalue weighted by atomic mass is 10.1. The van der Waals surface area contributed by atoms with Crippen LogP contribution in [-0.2, 0) is 6.18 Å². The number of nitrogens with two attached hydrogens (primary N) is 1. The number of primary amides is 1. The van der Waals surface area contributed by atoms with Crippen LogP contribution in [0.3, 0.4) is 0 Å². The molecule has 0 aliphatic heterocycles. The number of urea groups is 1. The Labute approximate surface area is 151 Å². The third kappa shape index (κ3) is 3.25. The number of carbonyl (C=O) groups excluding carboxylic acids is 1. The van der Waals surface area contributed by atoms with Crippen molar-refractivity contribution in [2.75, 3.05) is 4.90 Å². The van der Waals surface area contributed by atoms with Gasteiger partial charge in [-0.3, -0.25) is 4.90 Å². The maximum atomic E-state index is 13.1. The summed E-state index contributed by atoms with van der Waals surface area (Å²) in [6, 6.07) is 11.5. The van der Waals surface area contributed by atoms with Crippen molar-refractivity contribution in [1.29, 1.82) is 0 Å². The van der Waals surface area contributed by atoms with E-state index in [1.165, 1.54) is 24.3 Å². The van der Waals surface area contributed by atoms with E-state index < -0.39 is 22.8 Å². The van der Waals surface area contributed by atoms with Gasteiger partial charge >= 0.3 is 12.2 Å². The number of halogens is 4. The molecule has 8 heteroatoms. The Bertz CT molecular complexity index is 1010. The van der Waals surface area contributed by atoms with E-state index in [0.29, 0.717) is 10.8 Å². The summed E-state index contributed by atoms with van der Waals surface area (Å²) in [6.45, 7) is 0. The second-order valence-corrected chi connectivity index (χ2v) is 5.93. The first kappa shape index (κ1) is 17.9. The molecule has 3 N–H and O–H groups in total. The molecule has 0 fully saturated rings. The minimum absolute atomic E-state index is 0.0542. The lowest BCUT2D eigenvalue weighted by molar-refractivity contribution is -0.137. The maximum absolute atomic E-state index is 13.1. The fourth-order valence-electron chi connectivity index (χ4n) is 2.69. The van der Waals surface area contributed by atoms with E-state index in [4.69, 9.17) is 17.3 Å². The van der Waals surface area contributed by atoms with E-state index in [9.17, 15) is 23.1 Å². The highest BCUT2D eigenvalue weighted by Gasteiger charge is 2.34. The van der Waals surface area contributed by atoms with Crippen LogP contribution in [0.5, 0.6) is 5.75 Å². The minimum atomic E-state index is -4.69. The Morgan fingerprint density at radius 3 is 2.46 bits per heavy atom. The van der Waals surface area contributed by atoms with Gasteiger partial charge in [-0.05, 0) is 41.8 Å². The summed E-state index contributed by atoms with van der Waals surface area (Å²) in [5, 5.41) is 10.4. The molecule has 3 aromatic rings. The zero-order chi connectivity index (χ0) is 19.1. The second-order valence-electron chi connectivity index (χ2n) is 5.52. The summed E-state index contributed by atoms with van der Waals surface area (Å²) in [5.74, 6) is -0.0542. The highest BCUT2D eigenvalue weighted by molar-refractivity contribution is 6.31. The first-order valence-electron chi connectivity index (χ1n) is 7.36. The van der Waals surface area contributed by atoms with Gasteiger partial charge in [0, 0.05) is 5.39 Å². The summed E-state index contributed by atoms with van der Waals surface area (Å²) in [7, 11) is 0. The lowest BCUT2D eigenvalue weighted by Crippen LogP contribution is -2.31. The van der Waals surface area contributed by atoms with Crippen molar-refractivity contribution in [1.82, 2.24) is 0 Å². The SMILES string of the molecule is NC(=O)N(c1ccc(Cl)c(C(F)(F)F)c1)c1cccc2ccc(O)cc12. The van der Waals surface area contributed by atoms with E-state index in [1.807, 2.05) is 0 Å². The van der Waals surface area contributed by atoms with Gasteiger partial charge in [-0.1, -0.05) is 29.8 Å². The van der Waals surface area contributed by atoms with Crippen molar-refractivity contribution < 1.29 is 23.1 Å². The van der Waals surface area contributed by atoms with Crippen LogP contribution in [0.1, 0.15) is 5.56 Å². The fourth-order valence-corrected chi connectivity index (χ4v) is 2.92. The van der Waals surface area contributed by atoms with Gasteiger partial charge in [0.25, 0.3) is 0 Å². The van der Waals surface area contributed by atoms with Gasteiger partial charge in [-0.15, -0.1) is 0 Å². The quantitative estimate of drug-likeness (QED) is 0.622. The average molecular weight is 381 g/mol. The smallest absolute Gasteiger partial charge is 0.417 e. The molecule has 0 aromatic heterocycles. The van der Waals surface area contributed by atoms with Gasteiger partial charge in [0.15, 0.2) is 0 Å². The maximum Gasteiger partial charge on any atom is 0.417 e. The van der Waals surface area contributed by atoms with Crippen LogP contribution < -0.4 is 10.6 Å². The Morgan fingerprint density at radius 1 is 1.08 bits per heavy atom. The van der Waals surface area contributed by atoms with Crippen molar-refractivity contribution >= 4 is 39.8 Å². The molecular formula is C18H12ClF3N2O2. The van der Waals surface area contributed by atoms with Gasteiger partial charge in [-0.25, -0.2) is 4.79 Å². The Balaban J connectivity index is 2.25. The van der Waals surface area contributed by atoms with Gasteiger partial charge < -0.3 is 10.8 Å². The predicted molar refractivity (Wildman–Crippen MR) is 93.8 cm³/mol. The molecule has 0 saturated heterocycles. The van der Waals surface area contributed by atoms with Crippen LogP contribution in [0.15, 0.2) is 54.6 Å². The molecule has 26 heavy (non-hydrogen) atoms. The highest BCUT2D eigenvalue weighted by atomic mass is 35.5. The molecule has 4 nitrogen and oxygen atoms in total. The average Bonchev–Trinajstić information content (AvgIpc) is 2.55. The van der Waals surface area contributed by atoms with Crippen molar-refractivity contribution in [2.45, 2.75) is 6.18 Å². The number of rotatable bonds is 2. The molecule has 0 heterocycles. The molecule has 0 atom stereocenters.